The molecule has 5 heteroatoms. The van der Waals surface area contributed by atoms with Crippen molar-refractivity contribution in [2.24, 2.45) is 11.8 Å². The van der Waals surface area contributed by atoms with Crippen molar-refractivity contribution in [3.63, 3.8) is 0 Å². The summed E-state index contributed by atoms with van der Waals surface area (Å²) in [6, 6.07) is 7.60. The Morgan fingerprint density at radius 2 is 2.18 bits per heavy atom. The van der Waals surface area contributed by atoms with Gasteiger partial charge in [-0.05, 0) is 36.1 Å². The number of carbonyl (C=O) groups is 1. The number of rotatable bonds is 7. The topological polar surface area (TPSA) is 62.2 Å². The number of hydrogen-bond acceptors (Lipinski definition) is 3. The van der Waals surface area contributed by atoms with Crippen LogP contribution in [-0.2, 0) is 11.3 Å². The molecule has 0 fully saturated rings. The molecule has 0 bridgehead atoms. The predicted octanol–water partition coefficient (Wildman–Crippen LogP) is 3.72. The van der Waals surface area contributed by atoms with Gasteiger partial charge in [-0.15, -0.1) is 0 Å². The summed E-state index contributed by atoms with van der Waals surface area (Å²) in [7, 11) is 0. The number of aliphatic carboxylic acids is 1. The number of carboxylic acids is 1. The van der Waals surface area contributed by atoms with Crippen LogP contribution >= 0.6 is 11.6 Å². The van der Waals surface area contributed by atoms with E-state index >= 15 is 0 Å². The lowest BCUT2D eigenvalue weighted by Crippen LogP contribution is -2.29. The standard InChI is InChI=1S/C17H21ClN2O2/c1-11(2)6-14(17(21)22)10-19-9-13-8-15(18)7-12-4-3-5-20-16(12)13/h3-5,7-8,11,14,19H,6,9-10H2,1-2H3,(H,21,22). The van der Waals surface area contributed by atoms with E-state index in [2.05, 4.69) is 10.3 Å². The van der Waals surface area contributed by atoms with E-state index in [9.17, 15) is 9.90 Å². The number of nitrogens with one attached hydrogen (secondary N) is 1. The fourth-order valence-electron chi connectivity index (χ4n) is 2.58. The van der Waals surface area contributed by atoms with Gasteiger partial charge in [-0.25, -0.2) is 0 Å². The van der Waals surface area contributed by atoms with Gasteiger partial charge in [-0.2, -0.15) is 0 Å². The molecule has 0 spiro atoms. The number of carboxylic acid groups (broad SMARTS) is 1. The number of benzene rings is 1. The summed E-state index contributed by atoms with van der Waals surface area (Å²) < 4.78 is 0. The predicted molar refractivity (Wildman–Crippen MR) is 89.0 cm³/mol. The minimum Gasteiger partial charge on any atom is -0.481 e. The van der Waals surface area contributed by atoms with Gasteiger partial charge < -0.3 is 10.4 Å². The SMILES string of the molecule is CC(C)CC(CNCc1cc(Cl)cc2cccnc12)C(=O)O. The summed E-state index contributed by atoms with van der Waals surface area (Å²) in [6.07, 6.45) is 2.41. The Hall–Kier alpha value is -1.65. The molecule has 1 unspecified atom stereocenters. The smallest absolute Gasteiger partial charge is 0.307 e. The maximum atomic E-state index is 11.3. The van der Waals surface area contributed by atoms with Crippen LogP contribution in [0, 0.1) is 11.8 Å². The van der Waals surface area contributed by atoms with Crippen molar-refractivity contribution < 1.29 is 9.90 Å². The molecule has 0 saturated heterocycles. The summed E-state index contributed by atoms with van der Waals surface area (Å²) in [5, 5.41) is 14.1. The molecule has 0 radical (unpaired) electrons. The Labute approximate surface area is 135 Å². The van der Waals surface area contributed by atoms with Crippen molar-refractivity contribution in [1.82, 2.24) is 10.3 Å². The van der Waals surface area contributed by atoms with Crippen LogP contribution in [0.3, 0.4) is 0 Å². The van der Waals surface area contributed by atoms with Crippen molar-refractivity contribution in [2.45, 2.75) is 26.8 Å². The van der Waals surface area contributed by atoms with Gasteiger partial charge in [-0.1, -0.05) is 31.5 Å². The van der Waals surface area contributed by atoms with Crippen molar-refractivity contribution in [3.8, 4) is 0 Å². The van der Waals surface area contributed by atoms with E-state index in [1.54, 1.807) is 6.20 Å². The monoisotopic (exact) mass is 320 g/mol. The molecule has 4 nitrogen and oxygen atoms in total. The van der Waals surface area contributed by atoms with E-state index < -0.39 is 5.97 Å². The Balaban J connectivity index is 2.06. The van der Waals surface area contributed by atoms with Gasteiger partial charge >= 0.3 is 5.97 Å². The van der Waals surface area contributed by atoms with Crippen LogP contribution in [0.5, 0.6) is 0 Å². The Bertz CT molecular complexity index is 658. The third kappa shape index (κ3) is 4.42. The molecule has 2 N–H and O–H groups in total. The molecule has 22 heavy (non-hydrogen) atoms. The van der Waals surface area contributed by atoms with Gasteiger partial charge in [0.2, 0.25) is 0 Å². The molecule has 1 aromatic carbocycles. The van der Waals surface area contributed by atoms with E-state index in [0.717, 1.165) is 16.5 Å². The largest absolute Gasteiger partial charge is 0.481 e. The second kappa shape index (κ2) is 7.56. The molecule has 0 aliphatic rings. The minimum absolute atomic E-state index is 0.358. The van der Waals surface area contributed by atoms with Crippen LogP contribution in [0.1, 0.15) is 25.8 Å². The van der Waals surface area contributed by atoms with Gasteiger partial charge in [0, 0.05) is 29.7 Å². The van der Waals surface area contributed by atoms with Crippen LogP contribution in [0.15, 0.2) is 30.5 Å². The van der Waals surface area contributed by atoms with Crippen LogP contribution < -0.4 is 5.32 Å². The highest BCUT2D eigenvalue weighted by molar-refractivity contribution is 6.31. The lowest BCUT2D eigenvalue weighted by atomic mass is 9.97. The summed E-state index contributed by atoms with van der Waals surface area (Å²) in [4.78, 5) is 15.7. The number of fused-ring (bicyclic) bond motifs is 1. The summed E-state index contributed by atoms with van der Waals surface area (Å²) >= 11 is 6.13. The van der Waals surface area contributed by atoms with E-state index in [-0.39, 0.29) is 5.92 Å². The van der Waals surface area contributed by atoms with Crippen LogP contribution in [0.4, 0.5) is 0 Å². The molecule has 1 heterocycles. The summed E-state index contributed by atoms with van der Waals surface area (Å²) in [5.74, 6) is -0.773. The maximum absolute atomic E-state index is 11.3. The Kier molecular flexibility index (Phi) is 5.75. The lowest BCUT2D eigenvalue weighted by Gasteiger charge is -2.16. The average Bonchev–Trinajstić information content (AvgIpc) is 2.45. The molecule has 0 aliphatic carbocycles. The molecule has 118 valence electrons. The van der Waals surface area contributed by atoms with Crippen molar-refractivity contribution in [2.75, 3.05) is 6.54 Å². The number of halogens is 1. The second-order valence-electron chi connectivity index (χ2n) is 5.94. The summed E-state index contributed by atoms with van der Waals surface area (Å²) in [5.41, 5.74) is 1.88. The highest BCUT2D eigenvalue weighted by atomic mass is 35.5. The highest BCUT2D eigenvalue weighted by Gasteiger charge is 2.18. The van der Waals surface area contributed by atoms with E-state index in [1.165, 1.54) is 0 Å². The zero-order valence-corrected chi connectivity index (χ0v) is 13.6. The zero-order valence-electron chi connectivity index (χ0n) is 12.8. The first-order valence-electron chi connectivity index (χ1n) is 7.44. The first kappa shape index (κ1) is 16.7. The van der Waals surface area contributed by atoms with Crippen molar-refractivity contribution in [3.05, 3.63) is 41.0 Å². The quantitative estimate of drug-likeness (QED) is 0.816. The molecular weight excluding hydrogens is 300 g/mol. The maximum Gasteiger partial charge on any atom is 0.307 e. The number of aromatic nitrogens is 1. The van der Waals surface area contributed by atoms with Crippen LogP contribution in [-0.4, -0.2) is 22.6 Å². The average molecular weight is 321 g/mol. The van der Waals surface area contributed by atoms with Gasteiger partial charge in [-0.3, -0.25) is 9.78 Å². The van der Waals surface area contributed by atoms with Crippen molar-refractivity contribution in [1.29, 1.82) is 0 Å². The van der Waals surface area contributed by atoms with E-state index in [0.29, 0.717) is 30.5 Å². The second-order valence-corrected chi connectivity index (χ2v) is 6.37. The van der Waals surface area contributed by atoms with Crippen LogP contribution in [0.25, 0.3) is 10.9 Å². The molecule has 0 saturated carbocycles. The van der Waals surface area contributed by atoms with Crippen molar-refractivity contribution >= 4 is 28.5 Å². The molecule has 2 rings (SSSR count). The fraction of sp³-hybridized carbons (Fsp3) is 0.412. The number of pyridine rings is 1. The Morgan fingerprint density at radius 3 is 2.86 bits per heavy atom. The lowest BCUT2D eigenvalue weighted by molar-refractivity contribution is -0.142. The molecule has 0 aliphatic heterocycles. The van der Waals surface area contributed by atoms with Gasteiger partial charge in [0.15, 0.2) is 0 Å². The fourth-order valence-corrected chi connectivity index (χ4v) is 2.83. The van der Waals surface area contributed by atoms with E-state index in [1.807, 2.05) is 38.1 Å². The zero-order chi connectivity index (χ0) is 16.1. The number of hydrogen-bond donors (Lipinski definition) is 2. The van der Waals surface area contributed by atoms with Gasteiger partial charge in [0.25, 0.3) is 0 Å². The van der Waals surface area contributed by atoms with Gasteiger partial charge in [0.1, 0.15) is 0 Å². The normalized spacial score (nSPS) is 12.7. The third-order valence-electron chi connectivity index (χ3n) is 3.56. The molecule has 0 amide bonds. The number of nitrogens with zero attached hydrogens (tertiary/aromatic N) is 1. The molecule has 1 atom stereocenters. The van der Waals surface area contributed by atoms with E-state index in [4.69, 9.17) is 11.6 Å². The highest BCUT2D eigenvalue weighted by Crippen LogP contribution is 2.22. The molecular formula is C17H21ClN2O2. The molecule has 2 aromatic rings. The first-order valence-corrected chi connectivity index (χ1v) is 7.82. The van der Waals surface area contributed by atoms with Crippen LogP contribution in [0.2, 0.25) is 5.02 Å². The molecule has 1 aromatic heterocycles. The first-order chi connectivity index (χ1) is 10.5. The summed E-state index contributed by atoms with van der Waals surface area (Å²) in [6.45, 7) is 5.05. The minimum atomic E-state index is -0.754. The van der Waals surface area contributed by atoms with Gasteiger partial charge in [0.05, 0.1) is 11.4 Å². The third-order valence-corrected chi connectivity index (χ3v) is 3.78. The Morgan fingerprint density at radius 1 is 1.41 bits per heavy atom.